The molecule has 0 spiro atoms. The number of para-hydroxylation sites is 1. The zero-order valence-corrected chi connectivity index (χ0v) is 14.5. The number of rotatable bonds is 4. The number of fused-ring (bicyclic) bond motifs is 1. The van der Waals surface area contributed by atoms with Gasteiger partial charge in [0.05, 0.1) is 12.2 Å². The van der Waals surface area contributed by atoms with Crippen LogP contribution in [0.4, 0.5) is 0 Å². The van der Waals surface area contributed by atoms with Gasteiger partial charge in [0.2, 0.25) is 0 Å². The molecule has 2 heterocycles. The summed E-state index contributed by atoms with van der Waals surface area (Å²) in [6.45, 7) is 2.47. The van der Waals surface area contributed by atoms with Crippen LogP contribution >= 0.6 is 0 Å². The van der Waals surface area contributed by atoms with Crippen LogP contribution < -0.4 is 5.32 Å². The van der Waals surface area contributed by atoms with Crippen LogP contribution in [0, 0.1) is 6.92 Å². The Kier molecular flexibility index (Phi) is 3.87. The van der Waals surface area contributed by atoms with Gasteiger partial charge in [0.1, 0.15) is 5.82 Å². The average molecular weight is 335 g/mol. The van der Waals surface area contributed by atoms with Crippen molar-refractivity contribution in [2.24, 2.45) is 7.05 Å². The van der Waals surface area contributed by atoms with E-state index in [1.165, 1.54) is 0 Å². The average Bonchev–Trinajstić information content (AvgIpc) is 3.30. The molecule has 0 radical (unpaired) electrons. The number of carbonyl (C=O) groups excluding carboxylic acids is 1. The van der Waals surface area contributed by atoms with Gasteiger partial charge < -0.3 is 9.88 Å². The molecule has 0 saturated heterocycles. The highest BCUT2D eigenvalue weighted by atomic mass is 16.2. The van der Waals surface area contributed by atoms with Gasteiger partial charge >= 0.3 is 0 Å². The lowest BCUT2D eigenvalue weighted by Gasteiger charge is -2.08. The summed E-state index contributed by atoms with van der Waals surface area (Å²) in [5.41, 5.74) is 4.99. The Morgan fingerprint density at radius 2 is 2.12 bits per heavy atom. The molecule has 0 bridgehead atoms. The van der Waals surface area contributed by atoms with Crippen LogP contribution in [-0.2, 0) is 26.4 Å². The minimum absolute atomic E-state index is 0.131. The normalized spacial score (nSPS) is 13.0. The maximum Gasteiger partial charge on any atom is 0.272 e. The first-order valence-electron chi connectivity index (χ1n) is 8.56. The molecule has 3 aromatic rings. The number of hydrogen-bond acceptors (Lipinski definition) is 3. The van der Waals surface area contributed by atoms with Crippen LogP contribution in [0.2, 0.25) is 0 Å². The third kappa shape index (κ3) is 2.73. The Hall–Kier alpha value is -2.89. The van der Waals surface area contributed by atoms with Crippen LogP contribution in [0.15, 0.2) is 36.7 Å². The SMILES string of the molecule is Cc1ccccc1-n1nc(C(=O)NCc2nccn2C)c2c1CCC2. The predicted molar refractivity (Wildman–Crippen MR) is 94.7 cm³/mol. The molecule has 1 amide bonds. The molecule has 1 aliphatic carbocycles. The third-order valence-corrected chi connectivity index (χ3v) is 4.82. The summed E-state index contributed by atoms with van der Waals surface area (Å²) < 4.78 is 3.85. The summed E-state index contributed by atoms with van der Waals surface area (Å²) in [5.74, 6) is 0.691. The van der Waals surface area contributed by atoms with Crippen LogP contribution in [0.3, 0.4) is 0 Å². The number of aromatic nitrogens is 4. The van der Waals surface area contributed by atoms with Gasteiger partial charge in [-0.25, -0.2) is 9.67 Å². The molecular weight excluding hydrogens is 314 g/mol. The number of aryl methyl sites for hydroxylation is 2. The van der Waals surface area contributed by atoms with Gasteiger partial charge in [0.25, 0.3) is 5.91 Å². The lowest BCUT2D eigenvalue weighted by molar-refractivity contribution is 0.0943. The zero-order valence-electron chi connectivity index (χ0n) is 14.5. The number of amides is 1. The van der Waals surface area contributed by atoms with E-state index in [-0.39, 0.29) is 5.91 Å². The van der Waals surface area contributed by atoms with Crippen molar-refractivity contribution in [3.8, 4) is 5.69 Å². The number of nitrogens with one attached hydrogen (secondary N) is 1. The summed E-state index contributed by atoms with van der Waals surface area (Å²) in [7, 11) is 1.92. The van der Waals surface area contributed by atoms with Gasteiger partial charge in [-0.3, -0.25) is 4.79 Å². The molecule has 1 aliphatic rings. The third-order valence-electron chi connectivity index (χ3n) is 4.82. The van der Waals surface area contributed by atoms with Crippen LogP contribution in [0.25, 0.3) is 5.69 Å². The molecule has 0 saturated carbocycles. The van der Waals surface area contributed by atoms with E-state index < -0.39 is 0 Å². The van der Waals surface area contributed by atoms with E-state index in [1.54, 1.807) is 6.20 Å². The summed E-state index contributed by atoms with van der Waals surface area (Å²) in [6, 6.07) is 8.14. The van der Waals surface area contributed by atoms with Crippen LogP contribution in [-0.4, -0.2) is 25.2 Å². The topological polar surface area (TPSA) is 64.7 Å². The standard InChI is InChI=1S/C19H21N5O/c1-13-6-3-4-8-15(13)24-16-9-5-7-14(16)18(22-24)19(25)21-12-17-20-10-11-23(17)2/h3-4,6,8,10-11H,5,7,9,12H2,1-2H3,(H,21,25). The summed E-state index contributed by atoms with van der Waals surface area (Å²) in [4.78, 5) is 17.0. The highest BCUT2D eigenvalue weighted by Gasteiger charge is 2.27. The maximum absolute atomic E-state index is 12.7. The smallest absolute Gasteiger partial charge is 0.272 e. The largest absolute Gasteiger partial charge is 0.343 e. The molecule has 0 fully saturated rings. The number of hydrogen-bond donors (Lipinski definition) is 1. The van der Waals surface area contributed by atoms with Crippen molar-refractivity contribution in [3.63, 3.8) is 0 Å². The number of imidazole rings is 1. The molecule has 128 valence electrons. The van der Waals surface area contributed by atoms with E-state index in [4.69, 9.17) is 0 Å². The fourth-order valence-corrected chi connectivity index (χ4v) is 3.43. The van der Waals surface area contributed by atoms with E-state index in [0.29, 0.717) is 12.2 Å². The fraction of sp³-hybridized carbons (Fsp3) is 0.316. The highest BCUT2D eigenvalue weighted by Crippen LogP contribution is 2.28. The van der Waals surface area contributed by atoms with Crippen molar-refractivity contribution in [1.82, 2.24) is 24.6 Å². The van der Waals surface area contributed by atoms with Crippen LogP contribution in [0.5, 0.6) is 0 Å². The maximum atomic E-state index is 12.7. The first kappa shape index (κ1) is 15.6. The van der Waals surface area contributed by atoms with Gasteiger partial charge in [-0.1, -0.05) is 18.2 Å². The first-order valence-corrected chi connectivity index (χ1v) is 8.56. The van der Waals surface area contributed by atoms with Gasteiger partial charge in [-0.2, -0.15) is 5.10 Å². The van der Waals surface area contributed by atoms with Crippen molar-refractivity contribution in [3.05, 3.63) is 65.0 Å². The summed E-state index contributed by atoms with van der Waals surface area (Å²) >= 11 is 0. The molecular formula is C19H21N5O. The van der Waals surface area contributed by atoms with Crippen molar-refractivity contribution >= 4 is 5.91 Å². The molecule has 4 rings (SSSR count). The van der Waals surface area contributed by atoms with E-state index in [2.05, 4.69) is 34.5 Å². The molecule has 1 N–H and O–H groups in total. The van der Waals surface area contributed by atoms with E-state index >= 15 is 0 Å². The summed E-state index contributed by atoms with van der Waals surface area (Å²) in [5, 5.41) is 7.62. The Morgan fingerprint density at radius 1 is 1.28 bits per heavy atom. The van der Waals surface area contributed by atoms with Gasteiger partial charge in [0.15, 0.2) is 5.69 Å². The van der Waals surface area contributed by atoms with Crippen LogP contribution in [0.1, 0.15) is 39.6 Å². The molecule has 0 unspecified atom stereocenters. The summed E-state index contributed by atoms with van der Waals surface area (Å²) in [6.07, 6.45) is 6.53. The number of benzene rings is 1. The molecule has 25 heavy (non-hydrogen) atoms. The second kappa shape index (κ2) is 6.20. The van der Waals surface area contributed by atoms with Gasteiger partial charge in [-0.15, -0.1) is 0 Å². The minimum atomic E-state index is -0.131. The van der Waals surface area contributed by atoms with E-state index in [9.17, 15) is 4.79 Å². The monoisotopic (exact) mass is 335 g/mol. The molecule has 6 nitrogen and oxygen atoms in total. The molecule has 2 aromatic heterocycles. The molecule has 6 heteroatoms. The van der Waals surface area contributed by atoms with Gasteiger partial charge in [-0.05, 0) is 37.8 Å². The Morgan fingerprint density at radius 3 is 2.88 bits per heavy atom. The Bertz CT molecular complexity index is 937. The minimum Gasteiger partial charge on any atom is -0.343 e. The van der Waals surface area contributed by atoms with Crippen molar-refractivity contribution in [1.29, 1.82) is 0 Å². The number of carbonyl (C=O) groups is 1. The lowest BCUT2D eigenvalue weighted by atomic mass is 10.2. The van der Waals surface area contributed by atoms with E-state index in [1.807, 2.05) is 34.6 Å². The van der Waals surface area contributed by atoms with Crippen molar-refractivity contribution in [2.75, 3.05) is 0 Å². The van der Waals surface area contributed by atoms with E-state index in [0.717, 1.165) is 47.6 Å². The molecule has 0 aliphatic heterocycles. The van der Waals surface area contributed by atoms with Gasteiger partial charge in [0, 0.05) is 30.7 Å². The van der Waals surface area contributed by atoms with Crippen molar-refractivity contribution < 1.29 is 4.79 Å². The molecule has 1 aromatic carbocycles. The quantitative estimate of drug-likeness (QED) is 0.796. The second-order valence-corrected chi connectivity index (χ2v) is 6.46. The number of nitrogens with zero attached hydrogens (tertiary/aromatic N) is 4. The first-order chi connectivity index (χ1) is 12.1. The zero-order chi connectivity index (χ0) is 17.4. The molecule has 0 atom stereocenters. The highest BCUT2D eigenvalue weighted by molar-refractivity contribution is 5.94. The lowest BCUT2D eigenvalue weighted by Crippen LogP contribution is -2.25. The Balaban J connectivity index is 1.64. The predicted octanol–water partition coefficient (Wildman–Crippen LogP) is 2.33. The second-order valence-electron chi connectivity index (χ2n) is 6.46. The Labute approximate surface area is 146 Å². The fourth-order valence-electron chi connectivity index (χ4n) is 3.43. The van der Waals surface area contributed by atoms with Crippen molar-refractivity contribution in [2.45, 2.75) is 32.7 Å².